The van der Waals surface area contributed by atoms with Gasteiger partial charge in [-0.1, -0.05) is 52.0 Å². The number of ether oxygens (including phenoxy) is 2. The molecule has 27 heavy (non-hydrogen) atoms. The molecule has 2 rings (SSSR count). The van der Waals surface area contributed by atoms with Crippen molar-refractivity contribution in [3.63, 3.8) is 0 Å². The number of carbonyl (C=O) groups excluding carboxylic acids is 1. The third-order valence-electron chi connectivity index (χ3n) is 4.34. The molecule has 1 N–H and O–H groups in total. The van der Waals surface area contributed by atoms with Crippen LogP contribution < -0.4 is 14.8 Å². The first-order valence-corrected chi connectivity index (χ1v) is 9.60. The molecule has 2 aromatic carbocycles. The van der Waals surface area contributed by atoms with Gasteiger partial charge in [-0.05, 0) is 54.2 Å². The van der Waals surface area contributed by atoms with Crippen molar-refractivity contribution in [2.24, 2.45) is 0 Å². The summed E-state index contributed by atoms with van der Waals surface area (Å²) in [5.41, 5.74) is 2.33. The molecule has 0 aliphatic heterocycles. The van der Waals surface area contributed by atoms with Crippen molar-refractivity contribution in [1.29, 1.82) is 0 Å². The van der Waals surface area contributed by atoms with Gasteiger partial charge in [0.2, 0.25) is 0 Å². The summed E-state index contributed by atoms with van der Waals surface area (Å²) in [7, 11) is 0. The van der Waals surface area contributed by atoms with E-state index in [0.717, 1.165) is 11.3 Å². The minimum atomic E-state index is -0.513. The van der Waals surface area contributed by atoms with Crippen molar-refractivity contribution in [3.05, 3.63) is 59.7 Å². The topological polar surface area (TPSA) is 47.6 Å². The van der Waals surface area contributed by atoms with Crippen molar-refractivity contribution < 1.29 is 14.3 Å². The molecule has 0 unspecified atom stereocenters. The van der Waals surface area contributed by atoms with Crippen LogP contribution in [0.3, 0.4) is 0 Å². The summed E-state index contributed by atoms with van der Waals surface area (Å²) in [5.74, 6) is 1.41. The summed E-state index contributed by atoms with van der Waals surface area (Å²) >= 11 is 0. The Hall–Kier alpha value is -2.49. The minimum absolute atomic E-state index is 0.0933. The predicted molar refractivity (Wildman–Crippen MR) is 109 cm³/mol. The van der Waals surface area contributed by atoms with Crippen LogP contribution in [-0.2, 0) is 16.8 Å². The van der Waals surface area contributed by atoms with Crippen LogP contribution in [0.15, 0.2) is 48.5 Å². The molecule has 0 saturated heterocycles. The number of rotatable bonds is 8. The molecule has 146 valence electrons. The molecule has 1 atom stereocenters. The molecule has 0 aliphatic rings. The Morgan fingerprint density at radius 3 is 2.33 bits per heavy atom. The average Bonchev–Trinajstić information content (AvgIpc) is 2.64. The number of amides is 1. The Kier molecular flexibility index (Phi) is 7.28. The summed E-state index contributed by atoms with van der Waals surface area (Å²) in [6.45, 7) is 11.5. The van der Waals surface area contributed by atoms with Crippen molar-refractivity contribution in [2.45, 2.75) is 59.1 Å². The predicted octanol–water partition coefficient (Wildman–Crippen LogP) is 4.86. The van der Waals surface area contributed by atoms with Crippen molar-refractivity contribution in [1.82, 2.24) is 5.32 Å². The van der Waals surface area contributed by atoms with Crippen LogP contribution in [0, 0.1) is 0 Å². The fourth-order valence-corrected chi connectivity index (χ4v) is 2.73. The zero-order chi connectivity index (χ0) is 19.9. The van der Waals surface area contributed by atoms with E-state index in [-0.39, 0.29) is 11.3 Å². The number of benzene rings is 2. The Bertz CT molecular complexity index is 732. The van der Waals surface area contributed by atoms with Gasteiger partial charge in [0.25, 0.3) is 5.91 Å². The summed E-state index contributed by atoms with van der Waals surface area (Å²) in [6.07, 6.45) is 0.0896. The number of nitrogens with one attached hydrogen (secondary N) is 1. The molecule has 0 radical (unpaired) electrons. The van der Waals surface area contributed by atoms with Gasteiger partial charge in [-0.3, -0.25) is 4.79 Å². The maximum atomic E-state index is 12.5. The van der Waals surface area contributed by atoms with E-state index in [0.29, 0.717) is 25.3 Å². The fraction of sp³-hybridized carbons (Fsp3) is 0.435. The van der Waals surface area contributed by atoms with E-state index >= 15 is 0 Å². The van der Waals surface area contributed by atoms with Crippen molar-refractivity contribution >= 4 is 5.91 Å². The minimum Gasteiger partial charge on any atom is -0.494 e. The van der Waals surface area contributed by atoms with E-state index < -0.39 is 6.10 Å². The molecule has 2 aromatic rings. The summed E-state index contributed by atoms with van der Waals surface area (Å²) in [5, 5.41) is 2.96. The smallest absolute Gasteiger partial charge is 0.261 e. The SMILES string of the molecule is CCOc1cccc(CNC(=O)[C@@H](CC)Oc2ccc(C(C)(C)C)cc2)c1. The molecule has 4 heteroatoms. The highest BCUT2D eigenvalue weighted by molar-refractivity contribution is 5.81. The van der Waals surface area contributed by atoms with Gasteiger partial charge in [-0.25, -0.2) is 0 Å². The highest BCUT2D eigenvalue weighted by Crippen LogP contribution is 2.25. The lowest BCUT2D eigenvalue weighted by molar-refractivity contribution is -0.128. The molecule has 0 bridgehead atoms. The van der Waals surface area contributed by atoms with Crippen LogP contribution in [0.2, 0.25) is 0 Å². The Labute approximate surface area is 162 Å². The third kappa shape index (κ3) is 6.31. The van der Waals surface area contributed by atoms with E-state index in [1.54, 1.807) is 0 Å². The molecule has 1 amide bonds. The first-order chi connectivity index (χ1) is 12.8. The van der Waals surface area contributed by atoms with E-state index in [1.807, 2.05) is 50.2 Å². The average molecular weight is 370 g/mol. The standard InChI is InChI=1S/C23H31NO3/c1-6-21(27-19-13-11-18(12-14-19)23(3,4)5)22(25)24-16-17-9-8-10-20(15-17)26-7-2/h8-15,21H,6-7,16H2,1-5H3,(H,24,25)/t21-/m1/s1. The third-order valence-corrected chi connectivity index (χ3v) is 4.34. The molecule has 0 spiro atoms. The maximum Gasteiger partial charge on any atom is 0.261 e. The summed E-state index contributed by atoms with van der Waals surface area (Å²) in [4.78, 5) is 12.5. The number of hydrogen-bond donors (Lipinski definition) is 1. The molecular weight excluding hydrogens is 338 g/mol. The van der Waals surface area contributed by atoms with E-state index in [2.05, 4.69) is 38.2 Å². The van der Waals surface area contributed by atoms with Crippen molar-refractivity contribution in [3.8, 4) is 11.5 Å². The zero-order valence-electron chi connectivity index (χ0n) is 17.0. The Morgan fingerprint density at radius 2 is 1.74 bits per heavy atom. The largest absolute Gasteiger partial charge is 0.494 e. The monoisotopic (exact) mass is 369 g/mol. The summed E-state index contributed by atoms with van der Waals surface area (Å²) < 4.78 is 11.4. The van der Waals surface area contributed by atoms with Gasteiger partial charge in [-0.15, -0.1) is 0 Å². The van der Waals surface area contributed by atoms with E-state index in [4.69, 9.17) is 9.47 Å². The van der Waals surface area contributed by atoms with Gasteiger partial charge in [0.1, 0.15) is 11.5 Å². The van der Waals surface area contributed by atoms with Crippen LogP contribution in [0.4, 0.5) is 0 Å². The lowest BCUT2D eigenvalue weighted by atomic mass is 9.87. The fourth-order valence-electron chi connectivity index (χ4n) is 2.73. The van der Waals surface area contributed by atoms with E-state index in [9.17, 15) is 4.79 Å². The van der Waals surface area contributed by atoms with E-state index in [1.165, 1.54) is 5.56 Å². The highest BCUT2D eigenvalue weighted by Gasteiger charge is 2.19. The van der Waals surface area contributed by atoms with Gasteiger partial charge in [0.15, 0.2) is 6.10 Å². The summed E-state index contributed by atoms with van der Waals surface area (Å²) in [6, 6.07) is 15.7. The first kappa shape index (κ1) is 20.8. The van der Waals surface area contributed by atoms with Gasteiger partial charge >= 0.3 is 0 Å². The van der Waals surface area contributed by atoms with Crippen LogP contribution in [-0.4, -0.2) is 18.6 Å². The first-order valence-electron chi connectivity index (χ1n) is 9.60. The number of hydrogen-bond acceptors (Lipinski definition) is 3. The van der Waals surface area contributed by atoms with Gasteiger partial charge in [-0.2, -0.15) is 0 Å². The molecule has 0 aliphatic carbocycles. The molecular formula is C23H31NO3. The molecule has 0 heterocycles. The highest BCUT2D eigenvalue weighted by atomic mass is 16.5. The second kappa shape index (κ2) is 9.45. The van der Waals surface area contributed by atoms with Gasteiger partial charge in [0.05, 0.1) is 6.61 Å². The van der Waals surface area contributed by atoms with Crippen LogP contribution in [0.1, 0.15) is 52.2 Å². The van der Waals surface area contributed by atoms with Crippen LogP contribution >= 0.6 is 0 Å². The van der Waals surface area contributed by atoms with Crippen LogP contribution in [0.5, 0.6) is 11.5 Å². The molecule has 0 saturated carbocycles. The second-order valence-corrected chi connectivity index (χ2v) is 7.59. The molecule has 0 fully saturated rings. The van der Waals surface area contributed by atoms with Crippen molar-refractivity contribution in [2.75, 3.05) is 6.61 Å². The quantitative estimate of drug-likeness (QED) is 0.723. The maximum absolute atomic E-state index is 12.5. The molecule has 0 aromatic heterocycles. The Morgan fingerprint density at radius 1 is 1.04 bits per heavy atom. The second-order valence-electron chi connectivity index (χ2n) is 7.59. The lowest BCUT2D eigenvalue weighted by Gasteiger charge is -2.21. The van der Waals surface area contributed by atoms with Gasteiger partial charge < -0.3 is 14.8 Å². The molecule has 4 nitrogen and oxygen atoms in total. The normalized spacial score (nSPS) is 12.3. The number of carbonyl (C=O) groups is 1. The van der Waals surface area contributed by atoms with Crippen LogP contribution in [0.25, 0.3) is 0 Å². The lowest BCUT2D eigenvalue weighted by Crippen LogP contribution is -2.37. The zero-order valence-corrected chi connectivity index (χ0v) is 17.0. The van der Waals surface area contributed by atoms with Gasteiger partial charge in [0, 0.05) is 6.54 Å². The Balaban J connectivity index is 1.94.